The van der Waals surface area contributed by atoms with Gasteiger partial charge in [0.25, 0.3) is 0 Å². The lowest BCUT2D eigenvalue weighted by Gasteiger charge is -2.48. The summed E-state index contributed by atoms with van der Waals surface area (Å²) in [6.45, 7) is 0. The van der Waals surface area contributed by atoms with E-state index < -0.39 is 24.2 Å². The number of aromatic nitrogens is 2. The number of benzene rings is 13. The Hall–Kier alpha value is -9.89. The van der Waals surface area contributed by atoms with Crippen molar-refractivity contribution in [1.29, 1.82) is 0 Å². The molecular weight excluding hydrogens is 1050 g/mol. The van der Waals surface area contributed by atoms with Gasteiger partial charge in [0, 0.05) is 32.9 Å². The molecule has 16 rings (SSSR count). The van der Waals surface area contributed by atoms with Crippen LogP contribution in [0.1, 0.15) is 0 Å². The molecule has 0 bridgehead atoms. The van der Waals surface area contributed by atoms with Gasteiger partial charge in [0.05, 0.1) is 22.1 Å². The van der Waals surface area contributed by atoms with Gasteiger partial charge in [-0.25, -0.2) is 0 Å². The SMILES string of the molecule is c1ccc([Si](c2ccccc2)(c2ccccc2)c2ccc3c4ccccc4n(-c4ccc5c(c4)c4ccccc4n5-c4cccc([Si]5(c6ccccc6)c6ccccc6[Si](c6ccccc6)(c6ccccc6)c6ccccc65)c4)c3c2)cc1. The summed E-state index contributed by atoms with van der Waals surface area (Å²) in [5.74, 6) is 0. The van der Waals surface area contributed by atoms with Crippen LogP contribution in [0.3, 0.4) is 0 Å². The number of hydrogen-bond donors (Lipinski definition) is 0. The van der Waals surface area contributed by atoms with E-state index in [9.17, 15) is 0 Å². The predicted octanol–water partition coefficient (Wildman–Crippen LogP) is 10.3. The van der Waals surface area contributed by atoms with Crippen molar-refractivity contribution in [1.82, 2.24) is 9.13 Å². The van der Waals surface area contributed by atoms with Crippen LogP contribution in [0.4, 0.5) is 0 Å². The summed E-state index contributed by atoms with van der Waals surface area (Å²) >= 11 is 0. The molecule has 0 unspecified atom stereocenters. The molecule has 0 fully saturated rings. The normalized spacial score (nSPS) is 13.5. The Morgan fingerprint density at radius 3 is 1.04 bits per heavy atom. The van der Waals surface area contributed by atoms with Crippen LogP contribution in [0.5, 0.6) is 0 Å². The van der Waals surface area contributed by atoms with E-state index in [1.807, 2.05) is 0 Å². The van der Waals surface area contributed by atoms with E-state index in [1.165, 1.54) is 106 Å². The van der Waals surface area contributed by atoms with Crippen molar-refractivity contribution < 1.29 is 0 Å². The maximum atomic E-state index is 2.56. The lowest BCUT2D eigenvalue weighted by atomic mass is 10.1. The zero-order valence-corrected chi connectivity index (χ0v) is 48.7. The second-order valence-corrected chi connectivity index (χ2v) is 33.5. The first-order valence-electron chi connectivity index (χ1n) is 28.9. The second kappa shape index (κ2) is 19.7. The highest BCUT2D eigenvalue weighted by Crippen LogP contribution is 2.37. The Balaban J connectivity index is 0.922. The van der Waals surface area contributed by atoms with E-state index in [-0.39, 0.29) is 0 Å². The highest BCUT2D eigenvalue weighted by molar-refractivity contribution is 7.33. The Bertz CT molecular complexity index is 4720. The second-order valence-electron chi connectivity index (χ2n) is 22.2. The lowest BCUT2D eigenvalue weighted by molar-refractivity contribution is 1.17. The van der Waals surface area contributed by atoms with Crippen LogP contribution in [-0.4, -0.2) is 33.4 Å². The first-order valence-corrected chi connectivity index (χ1v) is 34.9. The van der Waals surface area contributed by atoms with Crippen molar-refractivity contribution in [3.05, 3.63) is 340 Å². The third kappa shape index (κ3) is 7.19. The molecular formula is C78H56N2Si3. The van der Waals surface area contributed by atoms with Gasteiger partial charge in [-0.15, -0.1) is 0 Å². The molecule has 0 saturated heterocycles. The van der Waals surface area contributed by atoms with Crippen LogP contribution in [-0.2, 0) is 0 Å². The Morgan fingerprint density at radius 2 is 0.554 bits per heavy atom. The molecule has 2 aromatic heterocycles. The van der Waals surface area contributed by atoms with Gasteiger partial charge in [-0.3, -0.25) is 0 Å². The number of nitrogens with zero attached hydrogens (tertiary/aromatic N) is 2. The highest BCUT2D eigenvalue weighted by Gasteiger charge is 2.56. The first-order chi connectivity index (χ1) is 41.2. The Morgan fingerprint density at radius 1 is 0.205 bits per heavy atom. The first kappa shape index (κ1) is 49.0. The van der Waals surface area contributed by atoms with Crippen LogP contribution >= 0.6 is 0 Å². The molecule has 1 aliphatic heterocycles. The fourth-order valence-electron chi connectivity index (χ4n) is 15.0. The summed E-state index contributed by atoms with van der Waals surface area (Å²) < 4.78 is 5.06. The maximum Gasteiger partial charge on any atom is 0.179 e. The van der Waals surface area contributed by atoms with E-state index in [2.05, 4.69) is 349 Å². The molecule has 5 heteroatoms. The fraction of sp³-hybridized carbons (Fsp3) is 0. The van der Waals surface area contributed by atoms with Crippen LogP contribution in [0, 0.1) is 0 Å². The van der Waals surface area contributed by atoms with Gasteiger partial charge in [0.15, 0.2) is 24.2 Å². The molecule has 1 aliphatic rings. The third-order valence-corrected chi connectivity index (χ3v) is 33.3. The van der Waals surface area contributed by atoms with E-state index >= 15 is 0 Å². The zero-order valence-electron chi connectivity index (χ0n) is 45.7. The third-order valence-electron chi connectivity index (χ3n) is 18.3. The molecule has 3 heterocycles. The summed E-state index contributed by atoms with van der Waals surface area (Å²) in [5.41, 5.74) is 7.05. The smallest absolute Gasteiger partial charge is 0.179 e. The average Bonchev–Trinajstić information content (AvgIpc) is 1.81. The van der Waals surface area contributed by atoms with E-state index in [0.717, 1.165) is 11.4 Å². The van der Waals surface area contributed by atoms with Crippen LogP contribution in [0.2, 0.25) is 0 Å². The average molecular weight is 1110 g/mol. The van der Waals surface area contributed by atoms with Gasteiger partial charge in [-0.2, -0.15) is 0 Å². The van der Waals surface area contributed by atoms with E-state index in [1.54, 1.807) is 0 Å². The maximum absolute atomic E-state index is 3.07. The van der Waals surface area contributed by atoms with Crippen molar-refractivity contribution in [2.45, 2.75) is 0 Å². The van der Waals surface area contributed by atoms with E-state index in [0.29, 0.717) is 0 Å². The van der Waals surface area contributed by atoms with Gasteiger partial charge in [-0.05, 0) is 111 Å². The van der Waals surface area contributed by atoms with Crippen molar-refractivity contribution in [3.63, 3.8) is 0 Å². The fourth-order valence-corrected chi connectivity index (χ4v) is 31.9. The summed E-state index contributed by atoms with van der Waals surface area (Å²) in [6.07, 6.45) is 0. The molecule has 0 atom stereocenters. The van der Waals surface area contributed by atoms with E-state index in [4.69, 9.17) is 0 Å². The molecule has 13 aromatic carbocycles. The largest absolute Gasteiger partial charge is 0.309 e. The van der Waals surface area contributed by atoms with Crippen LogP contribution in [0.15, 0.2) is 340 Å². The van der Waals surface area contributed by atoms with Gasteiger partial charge in [-0.1, -0.05) is 291 Å². The molecule has 83 heavy (non-hydrogen) atoms. The topological polar surface area (TPSA) is 9.86 Å². The summed E-state index contributed by atoms with van der Waals surface area (Å²) in [6, 6.07) is 130. The summed E-state index contributed by atoms with van der Waals surface area (Å²) in [7, 11) is -8.77. The molecule has 0 amide bonds. The highest BCUT2D eigenvalue weighted by atomic mass is 28.3. The monoisotopic (exact) mass is 1100 g/mol. The van der Waals surface area contributed by atoms with Gasteiger partial charge < -0.3 is 9.13 Å². The molecule has 0 radical (unpaired) electrons. The van der Waals surface area contributed by atoms with Crippen LogP contribution in [0.25, 0.3) is 55.0 Å². The summed E-state index contributed by atoms with van der Waals surface area (Å²) in [5, 5.41) is 21.8. The minimum atomic E-state index is -3.07. The molecule has 15 aromatic rings. The Labute approximate surface area is 487 Å². The summed E-state index contributed by atoms with van der Waals surface area (Å²) in [4.78, 5) is 0. The minimum Gasteiger partial charge on any atom is -0.309 e. The van der Waals surface area contributed by atoms with Crippen molar-refractivity contribution in [3.8, 4) is 11.4 Å². The van der Waals surface area contributed by atoms with Crippen molar-refractivity contribution >= 4 is 130 Å². The number of para-hydroxylation sites is 2. The van der Waals surface area contributed by atoms with Crippen molar-refractivity contribution in [2.24, 2.45) is 0 Å². The number of rotatable bonds is 10. The molecule has 2 nitrogen and oxygen atoms in total. The zero-order chi connectivity index (χ0) is 55.0. The quantitative estimate of drug-likeness (QED) is 0.0954. The molecule has 0 N–H and O–H groups in total. The molecule has 0 aliphatic carbocycles. The van der Waals surface area contributed by atoms with Gasteiger partial charge in [0.1, 0.15) is 0 Å². The molecule has 0 saturated carbocycles. The van der Waals surface area contributed by atoms with Gasteiger partial charge >= 0.3 is 0 Å². The van der Waals surface area contributed by atoms with Crippen molar-refractivity contribution in [2.75, 3.05) is 0 Å². The Kier molecular flexibility index (Phi) is 11.6. The number of hydrogen-bond acceptors (Lipinski definition) is 0. The van der Waals surface area contributed by atoms with Gasteiger partial charge in [0.2, 0.25) is 0 Å². The number of fused-ring (bicyclic) bond motifs is 8. The lowest BCUT2D eigenvalue weighted by Crippen LogP contribution is -2.93. The molecule has 0 spiro atoms. The minimum absolute atomic E-state index is 1.14. The molecule has 390 valence electrons. The standard InChI is InChI=1S/C78H56N2Si3/c1-7-29-59(30-8-1)81(60-31-9-2-10-32-60,61-33-11-3-12-34-61)66-51-52-69-67-42-19-21-44-71(67)80(74(69)56-66)58-50-53-73-70(55-58)68-43-20-22-45-72(68)79(73)57-28-27-41-65(54-57)83(64-39-17-6-18-40-64)77-48-25-23-46-75(77)82(62-35-13-4-14-36-62,63-37-15-5-16-38-63)76-47-24-26-49-78(76)83/h1-56H. The van der Waals surface area contributed by atoms with Crippen LogP contribution < -0.4 is 62.2 Å². The predicted molar refractivity (Wildman–Crippen MR) is 360 cm³/mol.